The quantitative estimate of drug-likeness (QED) is 0.657. The topological polar surface area (TPSA) is 55.4 Å². The zero-order chi connectivity index (χ0) is 18.4. The van der Waals surface area contributed by atoms with Crippen LogP contribution in [0.4, 0.5) is 5.69 Å². The number of aryl methyl sites for hydroxylation is 1. The van der Waals surface area contributed by atoms with Crippen molar-refractivity contribution in [3.8, 4) is 0 Å². The molecule has 0 unspecified atom stereocenters. The second-order valence-electron chi connectivity index (χ2n) is 5.88. The van der Waals surface area contributed by atoms with Crippen molar-refractivity contribution in [2.75, 3.05) is 11.9 Å². The minimum Gasteiger partial charge on any atom is -0.451 e. The third kappa shape index (κ3) is 4.58. The van der Waals surface area contributed by atoms with Crippen molar-refractivity contribution >= 4 is 28.9 Å². The first-order chi connectivity index (χ1) is 12.6. The molecule has 5 heteroatoms. The lowest BCUT2D eigenvalue weighted by molar-refractivity contribution is -0.119. The number of para-hydroxylation sites is 1. The third-order valence-electron chi connectivity index (χ3n) is 3.91. The van der Waals surface area contributed by atoms with Crippen LogP contribution in [-0.4, -0.2) is 18.5 Å². The Morgan fingerprint density at radius 2 is 1.73 bits per heavy atom. The van der Waals surface area contributed by atoms with E-state index in [1.165, 1.54) is 11.3 Å². The maximum atomic E-state index is 12.2. The van der Waals surface area contributed by atoms with Gasteiger partial charge in [-0.1, -0.05) is 48.5 Å². The Labute approximate surface area is 156 Å². The van der Waals surface area contributed by atoms with Crippen LogP contribution in [0.25, 0.3) is 0 Å². The predicted octanol–water partition coefficient (Wildman–Crippen LogP) is 4.44. The van der Waals surface area contributed by atoms with Crippen LogP contribution in [0.3, 0.4) is 0 Å². The molecule has 3 aromatic rings. The Bertz CT molecular complexity index is 902. The van der Waals surface area contributed by atoms with Gasteiger partial charge in [0.2, 0.25) is 0 Å². The fraction of sp³-hybridized carbons (Fsp3) is 0.143. The van der Waals surface area contributed by atoms with Gasteiger partial charge in [-0.2, -0.15) is 0 Å². The van der Waals surface area contributed by atoms with E-state index in [1.54, 1.807) is 0 Å². The van der Waals surface area contributed by atoms with Crippen molar-refractivity contribution in [1.82, 2.24) is 0 Å². The van der Waals surface area contributed by atoms with Crippen LogP contribution >= 0.6 is 11.3 Å². The summed E-state index contributed by atoms with van der Waals surface area (Å²) in [4.78, 5) is 24.7. The van der Waals surface area contributed by atoms with E-state index in [0.717, 1.165) is 22.4 Å². The SMILES string of the molecule is Cc1ccsc1C(=O)OCC(=O)Nc1ccccc1Cc1ccccc1. The number of carbonyl (C=O) groups excluding carboxylic acids is 2. The molecule has 1 N–H and O–H groups in total. The van der Waals surface area contributed by atoms with Crippen molar-refractivity contribution in [3.05, 3.63) is 87.6 Å². The number of rotatable bonds is 6. The van der Waals surface area contributed by atoms with Gasteiger partial charge in [0, 0.05) is 5.69 Å². The highest BCUT2D eigenvalue weighted by atomic mass is 32.1. The molecule has 1 aromatic heterocycles. The maximum absolute atomic E-state index is 12.2. The molecule has 0 bridgehead atoms. The molecule has 0 atom stereocenters. The molecule has 3 rings (SSSR count). The Balaban J connectivity index is 1.61. The molecule has 26 heavy (non-hydrogen) atoms. The highest BCUT2D eigenvalue weighted by molar-refractivity contribution is 7.12. The highest BCUT2D eigenvalue weighted by Crippen LogP contribution is 2.19. The lowest BCUT2D eigenvalue weighted by atomic mass is 10.0. The van der Waals surface area contributed by atoms with Gasteiger partial charge < -0.3 is 10.1 Å². The van der Waals surface area contributed by atoms with Gasteiger partial charge in [-0.15, -0.1) is 11.3 Å². The first kappa shape index (κ1) is 17.9. The molecule has 0 saturated heterocycles. The summed E-state index contributed by atoms with van der Waals surface area (Å²) in [5.74, 6) is -0.821. The third-order valence-corrected chi connectivity index (χ3v) is 4.91. The first-order valence-electron chi connectivity index (χ1n) is 8.26. The van der Waals surface area contributed by atoms with E-state index in [-0.39, 0.29) is 12.5 Å². The number of carbonyl (C=O) groups is 2. The predicted molar refractivity (Wildman–Crippen MR) is 104 cm³/mol. The van der Waals surface area contributed by atoms with Gasteiger partial charge in [-0.25, -0.2) is 4.79 Å². The Morgan fingerprint density at radius 1 is 1.00 bits per heavy atom. The summed E-state index contributed by atoms with van der Waals surface area (Å²) in [6.45, 7) is 1.53. The number of thiophene rings is 1. The van der Waals surface area contributed by atoms with Crippen molar-refractivity contribution in [3.63, 3.8) is 0 Å². The molecular formula is C21H19NO3S. The molecule has 2 aromatic carbocycles. The molecule has 0 aliphatic heterocycles. The summed E-state index contributed by atoms with van der Waals surface area (Å²) in [7, 11) is 0. The van der Waals surface area contributed by atoms with Gasteiger partial charge in [-0.3, -0.25) is 4.79 Å². The van der Waals surface area contributed by atoms with Gasteiger partial charge in [0.25, 0.3) is 5.91 Å². The summed E-state index contributed by atoms with van der Waals surface area (Å²) in [5.41, 5.74) is 3.75. The summed E-state index contributed by atoms with van der Waals surface area (Å²) >= 11 is 1.31. The number of ether oxygens (including phenoxy) is 1. The second kappa shape index (κ2) is 8.45. The average Bonchev–Trinajstić information content (AvgIpc) is 3.08. The molecule has 0 fully saturated rings. The average molecular weight is 365 g/mol. The van der Waals surface area contributed by atoms with E-state index < -0.39 is 5.97 Å². The van der Waals surface area contributed by atoms with Crippen LogP contribution in [0.5, 0.6) is 0 Å². The molecule has 0 aliphatic rings. The van der Waals surface area contributed by atoms with Crippen LogP contribution in [0.1, 0.15) is 26.4 Å². The van der Waals surface area contributed by atoms with E-state index in [4.69, 9.17) is 4.74 Å². The van der Waals surface area contributed by atoms with Crippen molar-refractivity contribution in [2.45, 2.75) is 13.3 Å². The second-order valence-corrected chi connectivity index (χ2v) is 6.79. The Kier molecular flexibility index (Phi) is 5.81. The Morgan fingerprint density at radius 3 is 2.46 bits per heavy atom. The van der Waals surface area contributed by atoms with Crippen LogP contribution in [0, 0.1) is 6.92 Å². The standard InChI is InChI=1S/C21H19NO3S/c1-15-11-12-26-20(15)21(24)25-14-19(23)22-18-10-6-5-9-17(18)13-16-7-3-2-4-8-16/h2-12H,13-14H2,1H3,(H,22,23). The highest BCUT2D eigenvalue weighted by Gasteiger charge is 2.14. The number of hydrogen-bond donors (Lipinski definition) is 1. The minimum absolute atomic E-state index is 0.310. The smallest absolute Gasteiger partial charge is 0.349 e. The van der Waals surface area contributed by atoms with Crippen molar-refractivity contribution in [1.29, 1.82) is 0 Å². The lowest BCUT2D eigenvalue weighted by Crippen LogP contribution is -2.21. The van der Waals surface area contributed by atoms with E-state index in [9.17, 15) is 9.59 Å². The van der Waals surface area contributed by atoms with E-state index in [1.807, 2.05) is 73.0 Å². The van der Waals surface area contributed by atoms with E-state index in [0.29, 0.717) is 11.3 Å². The lowest BCUT2D eigenvalue weighted by Gasteiger charge is -2.11. The molecular weight excluding hydrogens is 346 g/mol. The summed E-state index contributed by atoms with van der Waals surface area (Å²) < 4.78 is 5.12. The van der Waals surface area contributed by atoms with Gasteiger partial charge >= 0.3 is 5.97 Å². The molecule has 0 spiro atoms. The number of hydrogen-bond acceptors (Lipinski definition) is 4. The van der Waals surface area contributed by atoms with E-state index in [2.05, 4.69) is 5.32 Å². The number of benzene rings is 2. The number of amides is 1. The number of nitrogens with one attached hydrogen (secondary N) is 1. The molecule has 1 heterocycles. The van der Waals surface area contributed by atoms with Crippen LogP contribution in [0.2, 0.25) is 0 Å². The molecule has 0 radical (unpaired) electrons. The maximum Gasteiger partial charge on any atom is 0.349 e. The summed E-state index contributed by atoms with van der Waals surface area (Å²) in [6.07, 6.45) is 0.714. The molecule has 4 nitrogen and oxygen atoms in total. The van der Waals surface area contributed by atoms with Crippen LogP contribution in [-0.2, 0) is 16.0 Å². The Hall–Kier alpha value is -2.92. The van der Waals surface area contributed by atoms with Crippen LogP contribution < -0.4 is 5.32 Å². The molecule has 0 aliphatic carbocycles. The van der Waals surface area contributed by atoms with Gasteiger partial charge in [0.05, 0.1) is 0 Å². The molecule has 132 valence electrons. The van der Waals surface area contributed by atoms with Crippen molar-refractivity contribution < 1.29 is 14.3 Å². The van der Waals surface area contributed by atoms with E-state index >= 15 is 0 Å². The van der Waals surface area contributed by atoms with Crippen molar-refractivity contribution in [2.24, 2.45) is 0 Å². The summed E-state index contributed by atoms with van der Waals surface area (Å²) in [5, 5.41) is 4.66. The fourth-order valence-electron chi connectivity index (χ4n) is 2.58. The number of esters is 1. The van der Waals surface area contributed by atoms with Gasteiger partial charge in [0.1, 0.15) is 4.88 Å². The minimum atomic E-state index is -0.467. The van der Waals surface area contributed by atoms with Crippen LogP contribution in [0.15, 0.2) is 66.0 Å². The fourth-order valence-corrected chi connectivity index (χ4v) is 3.39. The number of anilines is 1. The zero-order valence-corrected chi connectivity index (χ0v) is 15.2. The molecule has 1 amide bonds. The first-order valence-corrected chi connectivity index (χ1v) is 9.14. The van der Waals surface area contributed by atoms with Gasteiger partial charge in [-0.05, 0) is 47.5 Å². The normalized spacial score (nSPS) is 10.3. The zero-order valence-electron chi connectivity index (χ0n) is 14.4. The largest absolute Gasteiger partial charge is 0.451 e. The summed E-state index contributed by atoms with van der Waals surface area (Å²) in [6, 6.07) is 19.5. The molecule has 0 saturated carbocycles. The van der Waals surface area contributed by atoms with Gasteiger partial charge in [0.15, 0.2) is 6.61 Å². The monoisotopic (exact) mass is 365 g/mol.